The molecule has 1 aliphatic heterocycles. The Labute approximate surface area is 114 Å². The molecule has 2 heterocycles. The van der Waals surface area contributed by atoms with Crippen LogP contribution in [0.1, 0.15) is 38.6 Å². The zero-order valence-corrected chi connectivity index (χ0v) is 12.2. The number of hydrogen-bond acceptors (Lipinski definition) is 4. The van der Waals surface area contributed by atoms with Crippen molar-refractivity contribution in [2.75, 3.05) is 12.4 Å². The average molecular weight is 287 g/mol. The van der Waals surface area contributed by atoms with Gasteiger partial charge >= 0.3 is 0 Å². The molecule has 19 heavy (non-hydrogen) atoms. The predicted molar refractivity (Wildman–Crippen MR) is 72.2 cm³/mol. The fraction of sp³-hybridized carbons (Fsp3) is 0.750. The molecule has 0 amide bonds. The third-order valence-electron chi connectivity index (χ3n) is 3.24. The van der Waals surface area contributed by atoms with Crippen LogP contribution in [0.15, 0.2) is 12.4 Å². The number of rotatable bonds is 6. The minimum absolute atomic E-state index is 0.151. The average Bonchev–Trinajstić information content (AvgIpc) is 2.95. The maximum Gasteiger partial charge on any atom is 0.211 e. The van der Waals surface area contributed by atoms with Crippen LogP contribution in [0.2, 0.25) is 0 Å². The van der Waals surface area contributed by atoms with E-state index in [1.165, 1.54) is 0 Å². The first kappa shape index (κ1) is 14.5. The van der Waals surface area contributed by atoms with Crippen LogP contribution in [-0.2, 0) is 21.3 Å². The molecule has 0 unspecified atom stereocenters. The lowest BCUT2D eigenvalue weighted by Gasteiger charge is -2.20. The van der Waals surface area contributed by atoms with Crippen LogP contribution in [-0.4, -0.2) is 36.4 Å². The molecule has 0 aliphatic carbocycles. The minimum Gasteiger partial charge on any atom is -0.369 e. The van der Waals surface area contributed by atoms with Crippen LogP contribution >= 0.6 is 0 Å². The third-order valence-corrected chi connectivity index (χ3v) is 4.85. The van der Waals surface area contributed by atoms with Crippen molar-refractivity contribution in [3.63, 3.8) is 0 Å². The summed E-state index contributed by atoms with van der Waals surface area (Å²) >= 11 is 0. The summed E-state index contributed by atoms with van der Waals surface area (Å²) in [6, 6.07) is -0.218. The second kappa shape index (κ2) is 6.02. The molecule has 2 rings (SSSR count). The number of aryl methyl sites for hydroxylation is 1. The number of imidazole rings is 1. The van der Waals surface area contributed by atoms with E-state index in [4.69, 9.17) is 4.74 Å². The molecule has 1 N–H and O–H groups in total. The van der Waals surface area contributed by atoms with Crippen molar-refractivity contribution in [1.29, 1.82) is 0 Å². The van der Waals surface area contributed by atoms with Gasteiger partial charge in [-0.05, 0) is 19.8 Å². The number of nitrogens with one attached hydrogen (secondary N) is 1. The molecule has 0 bridgehead atoms. The van der Waals surface area contributed by atoms with Gasteiger partial charge in [0.15, 0.2) is 0 Å². The highest BCUT2D eigenvalue weighted by atomic mass is 32.2. The molecule has 6 nitrogen and oxygen atoms in total. The molecule has 7 heteroatoms. The molecule has 0 aromatic carbocycles. The summed E-state index contributed by atoms with van der Waals surface area (Å²) in [5, 5.41) is 0. The maximum atomic E-state index is 11.9. The molecule has 1 saturated heterocycles. The van der Waals surface area contributed by atoms with E-state index in [1.807, 2.05) is 24.6 Å². The van der Waals surface area contributed by atoms with Crippen molar-refractivity contribution in [1.82, 2.24) is 14.3 Å². The quantitative estimate of drug-likeness (QED) is 0.849. The number of sulfonamides is 1. The van der Waals surface area contributed by atoms with E-state index in [1.54, 1.807) is 6.20 Å². The second-order valence-corrected chi connectivity index (χ2v) is 6.57. The Morgan fingerprint density at radius 2 is 2.32 bits per heavy atom. The van der Waals surface area contributed by atoms with Gasteiger partial charge in [0.2, 0.25) is 10.0 Å². The summed E-state index contributed by atoms with van der Waals surface area (Å²) in [7, 11) is -3.23. The minimum atomic E-state index is -3.23. The van der Waals surface area contributed by atoms with Crippen molar-refractivity contribution in [2.24, 2.45) is 0 Å². The molecule has 0 radical (unpaired) electrons. The zero-order valence-electron chi connectivity index (χ0n) is 11.4. The number of nitrogens with zero attached hydrogens (tertiary/aromatic N) is 2. The van der Waals surface area contributed by atoms with Crippen LogP contribution in [0.25, 0.3) is 0 Å². The third kappa shape index (κ3) is 3.34. The normalized spacial score (nSPS) is 23.9. The number of ether oxygens (including phenoxy) is 1. The second-order valence-electron chi connectivity index (χ2n) is 4.69. The topological polar surface area (TPSA) is 73.2 Å². The van der Waals surface area contributed by atoms with E-state index in [0.717, 1.165) is 12.4 Å². The van der Waals surface area contributed by atoms with Crippen LogP contribution in [0.3, 0.4) is 0 Å². The summed E-state index contributed by atoms with van der Waals surface area (Å²) in [6.45, 7) is 5.23. The standard InChI is InChI=1S/C12H21N3O3S/c1-3-9-19(16,17)14-10-5-8-18-11(10)12-13-6-7-15(12)4-2/h6-7,10-11,14H,3-5,8-9H2,1-2H3/t10-,11-/m0/s1. The highest BCUT2D eigenvalue weighted by Gasteiger charge is 2.35. The van der Waals surface area contributed by atoms with Gasteiger partial charge in [-0.25, -0.2) is 18.1 Å². The first-order valence-corrected chi connectivity index (χ1v) is 8.35. The van der Waals surface area contributed by atoms with Crippen molar-refractivity contribution < 1.29 is 13.2 Å². The predicted octanol–water partition coefficient (Wildman–Crippen LogP) is 1.06. The van der Waals surface area contributed by atoms with E-state index >= 15 is 0 Å². The summed E-state index contributed by atoms with van der Waals surface area (Å²) in [5.41, 5.74) is 0. The molecular weight excluding hydrogens is 266 g/mol. The summed E-state index contributed by atoms with van der Waals surface area (Å²) in [5.74, 6) is 0.947. The van der Waals surface area contributed by atoms with Gasteiger partial charge < -0.3 is 9.30 Å². The van der Waals surface area contributed by atoms with E-state index < -0.39 is 10.0 Å². The smallest absolute Gasteiger partial charge is 0.211 e. The molecule has 2 atom stereocenters. The fourth-order valence-electron chi connectivity index (χ4n) is 2.37. The maximum absolute atomic E-state index is 11.9. The molecule has 1 aromatic rings. The Bertz CT molecular complexity index is 512. The summed E-state index contributed by atoms with van der Waals surface area (Å²) < 4.78 is 34.1. The lowest BCUT2D eigenvalue weighted by molar-refractivity contribution is 0.0926. The fourth-order valence-corrected chi connectivity index (χ4v) is 3.73. The summed E-state index contributed by atoms with van der Waals surface area (Å²) in [4.78, 5) is 4.30. The number of hydrogen-bond donors (Lipinski definition) is 1. The van der Waals surface area contributed by atoms with E-state index in [0.29, 0.717) is 19.4 Å². The zero-order chi connectivity index (χ0) is 13.9. The first-order chi connectivity index (χ1) is 9.07. The Balaban J connectivity index is 2.13. The van der Waals surface area contributed by atoms with Crippen LogP contribution in [0, 0.1) is 0 Å². The Morgan fingerprint density at radius 1 is 1.53 bits per heavy atom. The molecule has 108 valence electrons. The Morgan fingerprint density at radius 3 is 3.00 bits per heavy atom. The summed E-state index contributed by atoms with van der Waals surface area (Å²) in [6.07, 6.45) is 4.61. The van der Waals surface area contributed by atoms with Crippen molar-refractivity contribution in [3.05, 3.63) is 18.2 Å². The van der Waals surface area contributed by atoms with Gasteiger partial charge in [-0.2, -0.15) is 0 Å². The van der Waals surface area contributed by atoms with E-state index in [2.05, 4.69) is 9.71 Å². The highest BCUT2D eigenvalue weighted by molar-refractivity contribution is 7.89. The van der Waals surface area contributed by atoms with Gasteiger partial charge in [0.1, 0.15) is 11.9 Å². The first-order valence-electron chi connectivity index (χ1n) is 6.70. The van der Waals surface area contributed by atoms with Crippen molar-refractivity contribution in [3.8, 4) is 0 Å². The molecule has 0 spiro atoms. The van der Waals surface area contributed by atoms with Gasteiger partial charge in [0.05, 0.1) is 11.8 Å². The lowest BCUT2D eigenvalue weighted by atomic mass is 10.1. The highest BCUT2D eigenvalue weighted by Crippen LogP contribution is 2.28. The SMILES string of the molecule is CCCS(=O)(=O)N[C@H]1CCO[C@@H]1c1nccn1CC. The van der Waals surface area contributed by atoms with Gasteiger partial charge in [0.25, 0.3) is 0 Å². The monoisotopic (exact) mass is 287 g/mol. The lowest BCUT2D eigenvalue weighted by Crippen LogP contribution is -2.38. The van der Waals surface area contributed by atoms with Gasteiger partial charge in [-0.1, -0.05) is 6.92 Å². The Hall–Kier alpha value is -0.920. The van der Waals surface area contributed by atoms with Crippen molar-refractivity contribution in [2.45, 2.75) is 45.4 Å². The molecule has 1 fully saturated rings. The van der Waals surface area contributed by atoms with Crippen molar-refractivity contribution >= 4 is 10.0 Å². The van der Waals surface area contributed by atoms with Crippen LogP contribution < -0.4 is 4.72 Å². The molecule has 0 saturated carbocycles. The molecule has 1 aliphatic rings. The molecular formula is C12H21N3O3S. The van der Waals surface area contributed by atoms with E-state index in [9.17, 15) is 8.42 Å². The Kier molecular flexibility index (Phi) is 4.59. The van der Waals surface area contributed by atoms with Crippen LogP contribution in [0.4, 0.5) is 0 Å². The van der Waals surface area contributed by atoms with Gasteiger partial charge in [-0.15, -0.1) is 0 Å². The number of aromatic nitrogens is 2. The van der Waals surface area contributed by atoms with Gasteiger partial charge in [0, 0.05) is 25.5 Å². The largest absolute Gasteiger partial charge is 0.369 e. The van der Waals surface area contributed by atoms with Gasteiger partial charge in [-0.3, -0.25) is 0 Å². The molecule has 1 aromatic heterocycles. The van der Waals surface area contributed by atoms with Crippen LogP contribution in [0.5, 0.6) is 0 Å². The van der Waals surface area contributed by atoms with E-state index in [-0.39, 0.29) is 17.9 Å².